The summed E-state index contributed by atoms with van der Waals surface area (Å²) >= 11 is 0. The molecule has 1 saturated carbocycles. The summed E-state index contributed by atoms with van der Waals surface area (Å²) in [7, 11) is 0. The second kappa shape index (κ2) is 7.78. The number of piperidine rings is 1. The predicted molar refractivity (Wildman–Crippen MR) is 114 cm³/mol. The summed E-state index contributed by atoms with van der Waals surface area (Å²) in [5.41, 5.74) is 3.17. The molecular formula is C23H25F2N5. The molecule has 3 heterocycles. The molecule has 0 unspecified atom stereocenters. The van der Waals surface area contributed by atoms with Gasteiger partial charge in [-0.1, -0.05) is 6.07 Å². The zero-order chi connectivity index (χ0) is 20.7. The van der Waals surface area contributed by atoms with Crippen LogP contribution in [0.2, 0.25) is 0 Å². The van der Waals surface area contributed by atoms with Gasteiger partial charge in [0.25, 0.3) is 0 Å². The Morgan fingerprint density at radius 1 is 1.03 bits per heavy atom. The predicted octanol–water partition coefficient (Wildman–Crippen LogP) is 4.64. The van der Waals surface area contributed by atoms with Crippen LogP contribution in [-0.4, -0.2) is 34.1 Å². The molecule has 1 aromatic carbocycles. The lowest BCUT2D eigenvalue weighted by molar-refractivity contribution is 0.396. The van der Waals surface area contributed by atoms with E-state index < -0.39 is 11.6 Å². The third-order valence-corrected chi connectivity index (χ3v) is 6.02. The van der Waals surface area contributed by atoms with E-state index in [2.05, 4.69) is 15.2 Å². The summed E-state index contributed by atoms with van der Waals surface area (Å²) in [5, 5.41) is 3.52. The Hall–Kier alpha value is -2.83. The van der Waals surface area contributed by atoms with E-state index in [1.54, 1.807) is 12.3 Å². The number of nitrogens with one attached hydrogen (secondary N) is 1. The smallest absolute Gasteiger partial charge is 0.172 e. The van der Waals surface area contributed by atoms with E-state index in [0.717, 1.165) is 73.2 Å². The molecule has 5 rings (SSSR count). The van der Waals surface area contributed by atoms with Crippen molar-refractivity contribution >= 4 is 22.7 Å². The largest absolute Gasteiger partial charge is 0.364 e. The molecule has 156 valence electrons. The zero-order valence-electron chi connectivity index (χ0n) is 17.0. The van der Waals surface area contributed by atoms with Crippen LogP contribution in [0.15, 0.2) is 30.5 Å². The lowest BCUT2D eigenvalue weighted by atomic mass is 9.90. The Balaban J connectivity index is 1.34. The van der Waals surface area contributed by atoms with Gasteiger partial charge in [-0.3, -0.25) is 4.98 Å². The van der Waals surface area contributed by atoms with Crippen molar-refractivity contribution in [1.29, 1.82) is 0 Å². The second-order valence-corrected chi connectivity index (χ2v) is 8.50. The monoisotopic (exact) mass is 409 g/mol. The number of fused-ring (bicyclic) bond motifs is 1. The van der Waals surface area contributed by atoms with Crippen molar-refractivity contribution in [2.45, 2.75) is 45.1 Å². The maximum atomic E-state index is 14.0. The second-order valence-electron chi connectivity index (χ2n) is 8.50. The number of hydrogen-bond acceptors (Lipinski definition) is 5. The first-order valence-electron chi connectivity index (χ1n) is 10.6. The van der Waals surface area contributed by atoms with Gasteiger partial charge in [0.1, 0.15) is 17.2 Å². The highest BCUT2D eigenvalue weighted by molar-refractivity contribution is 5.80. The summed E-state index contributed by atoms with van der Waals surface area (Å²) in [6.45, 7) is 3.64. The first-order valence-corrected chi connectivity index (χ1v) is 10.6. The van der Waals surface area contributed by atoms with Gasteiger partial charge in [0, 0.05) is 30.9 Å². The Morgan fingerprint density at radius 2 is 1.83 bits per heavy atom. The highest BCUT2D eigenvalue weighted by Crippen LogP contribution is 2.33. The molecule has 0 radical (unpaired) electrons. The SMILES string of the molecule is Cc1cc2nc(N3CCC(Cc4ccc(F)cc4F)CC3)c(NC3CC3)nc2cn1. The first kappa shape index (κ1) is 19.2. The van der Waals surface area contributed by atoms with Gasteiger partial charge in [-0.2, -0.15) is 0 Å². The van der Waals surface area contributed by atoms with Gasteiger partial charge in [0.15, 0.2) is 11.6 Å². The number of aryl methyl sites for hydroxylation is 1. The summed E-state index contributed by atoms with van der Waals surface area (Å²) in [6.07, 6.45) is 6.63. The zero-order valence-corrected chi connectivity index (χ0v) is 17.0. The van der Waals surface area contributed by atoms with E-state index in [1.165, 1.54) is 6.07 Å². The molecule has 7 heteroatoms. The molecule has 0 amide bonds. The quantitative estimate of drug-likeness (QED) is 0.665. The van der Waals surface area contributed by atoms with Gasteiger partial charge in [0.2, 0.25) is 0 Å². The number of rotatable bonds is 5. The fraction of sp³-hybridized carbons (Fsp3) is 0.435. The molecule has 3 aromatic rings. The standard InChI is InChI=1S/C23H25F2N5/c1-14-10-20-21(13-26-14)28-22(27-18-4-5-18)23(29-20)30-8-6-15(7-9-30)11-16-2-3-17(24)12-19(16)25/h2-3,10,12-13,15,18H,4-9,11H2,1H3,(H,27,28). The van der Waals surface area contributed by atoms with Crippen LogP contribution in [0.3, 0.4) is 0 Å². The van der Waals surface area contributed by atoms with Crippen molar-refractivity contribution in [3.05, 3.63) is 53.4 Å². The van der Waals surface area contributed by atoms with Crippen molar-refractivity contribution in [1.82, 2.24) is 15.0 Å². The van der Waals surface area contributed by atoms with Crippen molar-refractivity contribution in [2.24, 2.45) is 5.92 Å². The Kier molecular flexibility index (Phi) is 4.97. The Labute approximate surface area is 174 Å². The van der Waals surface area contributed by atoms with Crippen LogP contribution in [0.25, 0.3) is 11.0 Å². The highest BCUT2D eigenvalue weighted by atomic mass is 19.1. The van der Waals surface area contributed by atoms with E-state index in [4.69, 9.17) is 9.97 Å². The van der Waals surface area contributed by atoms with Gasteiger partial charge in [-0.25, -0.2) is 18.7 Å². The molecule has 1 aliphatic carbocycles. The number of hydrogen-bond donors (Lipinski definition) is 1. The fourth-order valence-corrected chi connectivity index (χ4v) is 4.14. The van der Waals surface area contributed by atoms with Crippen molar-refractivity contribution in [3.8, 4) is 0 Å². The molecule has 1 saturated heterocycles. The van der Waals surface area contributed by atoms with Crippen LogP contribution in [0.5, 0.6) is 0 Å². The van der Waals surface area contributed by atoms with Crippen LogP contribution in [0.4, 0.5) is 20.4 Å². The molecule has 2 aromatic heterocycles. The highest BCUT2D eigenvalue weighted by Gasteiger charge is 2.27. The number of halogens is 2. The average Bonchev–Trinajstić information content (AvgIpc) is 3.54. The molecule has 0 atom stereocenters. The van der Waals surface area contributed by atoms with Gasteiger partial charge >= 0.3 is 0 Å². The van der Waals surface area contributed by atoms with E-state index in [-0.39, 0.29) is 0 Å². The number of benzene rings is 1. The summed E-state index contributed by atoms with van der Waals surface area (Å²) in [4.78, 5) is 16.4. The lowest BCUT2D eigenvalue weighted by Crippen LogP contribution is -2.35. The van der Waals surface area contributed by atoms with E-state index in [1.807, 2.05) is 13.0 Å². The van der Waals surface area contributed by atoms with Crippen LogP contribution < -0.4 is 10.2 Å². The Morgan fingerprint density at radius 3 is 2.57 bits per heavy atom. The third-order valence-electron chi connectivity index (χ3n) is 6.02. The Bertz CT molecular complexity index is 1070. The van der Waals surface area contributed by atoms with E-state index >= 15 is 0 Å². The number of aromatic nitrogens is 3. The summed E-state index contributed by atoms with van der Waals surface area (Å²) < 4.78 is 27.2. The normalized spacial score (nSPS) is 17.5. The van der Waals surface area contributed by atoms with E-state index in [0.29, 0.717) is 23.9 Å². The molecule has 30 heavy (non-hydrogen) atoms. The van der Waals surface area contributed by atoms with E-state index in [9.17, 15) is 8.78 Å². The number of anilines is 2. The van der Waals surface area contributed by atoms with Crippen molar-refractivity contribution in [3.63, 3.8) is 0 Å². The molecular weight excluding hydrogens is 384 g/mol. The van der Waals surface area contributed by atoms with Crippen molar-refractivity contribution < 1.29 is 8.78 Å². The number of nitrogens with zero attached hydrogens (tertiary/aromatic N) is 4. The topological polar surface area (TPSA) is 53.9 Å². The van der Waals surface area contributed by atoms with Crippen LogP contribution in [0.1, 0.15) is 36.9 Å². The fourth-order valence-electron chi connectivity index (χ4n) is 4.14. The molecule has 0 spiro atoms. The molecule has 0 bridgehead atoms. The third kappa shape index (κ3) is 4.06. The lowest BCUT2D eigenvalue weighted by Gasteiger charge is -2.33. The molecule has 2 fully saturated rings. The summed E-state index contributed by atoms with van der Waals surface area (Å²) in [6, 6.07) is 6.33. The first-order chi connectivity index (χ1) is 14.5. The van der Waals surface area contributed by atoms with Crippen LogP contribution >= 0.6 is 0 Å². The minimum atomic E-state index is -0.526. The molecule has 1 N–H and O–H groups in total. The van der Waals surface area contributed by atoms with Crippen molar-refractivity contribution in [2.75, 3.05) is 23.3 Å². The van der Waals surface area contributed by atoms with Crippen LogP contribution in [0, 0.1) is 24.5 Å². The average molecular weight is 409 g/mol. The molecule has 5 nitrogen and oxygen atoms in total. The van der Waals surface area contributed by atoms with Gasteiger partial charge < -0.3 is 10.2 Å². The van der Waals surface area contributed by atoms with Gasteiger partial charge in [0.05, 0.1) is 11.7 Å². The number of pyridine rings is 1. The minimum Gasteiger partial charge on any atom is -0.364 e. The summed E-state index contributed by atoms with van der Waals surface area (Å²) in [5.74, 6) is 1.13. The van der Waals surface area contributed by atoms with Gasteiger partial charge in [-0.15, -0.1) is 0 Å². The van der Waals surface area contributed by atoms with Crippen LogP contribution in [-0.2, 0) is 6.42 Å². The van der Waals surface area contributed by atoms with Gasteiger partial charge in [-0.05, 0) is 62.6 Å². The molecule has 2 aliphatic rings. The minimum absolute atomic E-state index is 0.376. The maximum absolute atomic E-state index is 14.0. The maximum Gasteiger partial charge on any atom is 0.172 e. The molecule has 1 aliphatic heterocycles.